The number of imidazole rings is 1. The van der Waals surface area contributed by atoms with Gasteiger partial charge in [-0.25, -0.2) is 4.98 Å². The summed E-state index contributed by atoms with van der Waals surface area (Å²) in [6.45, 7) is 2.02. The minimum atomic E-state index is -1.09. The molecule has 4 atom stereocenters. The molecule has 10 heteroatoms. The SMILES string of the molecule is CCSCC1OC(n2cnc3c(N)nc(Cl)nc32)C(O)C1O. The molecule has 0 radical (unpaired) electrons. The van der Waals surface area contributed by atoms with Crippen molar-refractivity contribution in [3.63, 3.8) is 0 Å². The van der Waals surface area contributed by atoms with Crippen LogP contribution in [0.5, 0.6) is 0 Å². The summed E-state index contributed by atoms with van der Waals surface area (Å²) in [5.41, 5.74) is 6.49. The van der Waals surface area contributed by atoms with Gasteiger partial charge in [0.1, 0.15) is 17.7 Å². The maximum absolute atomic E-state index is 10.3. The molecule has 2 aromatic rings. The van der Waals surface area contributed by atoms with Crippen LogP contribution in [0.25, 0.3) is 11.2 Å². The van der Waals surface area contributed by atoms with E-state index in [1.165, 1.54) is 10.9 Å². The zero-order chi connectivity index (χ0) is 15.9. The summed E-state index contributed by atoms with van der Waals surface area (Å²) in [7, 11) is 0. The van der Waals surface area contributed by atoms with Crippen molar-refractivity contribution in [2.75, 3.05) is 17.2 Å². The number of rotatable bonds is 4. The van der Waals surface area contributed by atoms with Crippen LogP contribution in [0.3, 0.4) is 0 Å². The summed E-state index contributed by atoms with van der Waals surface area (Å²) in [5.74, 6) is 1.65. The zero-order valence-corrected chi connectivity index (χ0v) is 13.3. The number of hydrogen-bond acceptors (Lipinski definition) is 8. The van der Waals surface area contributed by atoms with Gasteiger partial charge in [0.15, 0.2) is 17.7 Å². The van der Waals surface area contributed by atoms with Crippen molar-refractivity contribution in [3.05, 3.63) is 11.6 Å². The molecule has 4 unspecified atom stereocenters. The topological polar surface area (TPSA) is 119 Å². The van der Waals surface area contributed by atoms with Gasteiger partial charge in [0, 0.05) is 5.75 Å². The lowest BCUT2D eigenvalue weighted by Gasteiger charge is -2.16. The summed E-state index contributed by atoms with van der Waals surface area (Å²) in [6.07, 6.45) is -1.88. The molecule has 3 rings (SSSR count). The van der Waals surface area contributed by atoms with E-state index in [0.29, 0.717) is 16.9 Å². The quantitative estimate of drug-likeness (QED) is 0.683. The molecule has 0 spiro atoms. The van der Waals surface area contributed by atoms with Crippen LogP contribution in [0.15, 0.2) is 6.33 Å². The first-order valence-electron chi connectivity index (χ1n) is 6.77. The molecule has 0 saturated carbocycles. The first-order chi connectivity index (χ1) is 10.5. The lowest BCUT2D eigenvalue weighted by molar-refractivity contribution is -0.0288. The molecule has 3 heterocycles. The van der Waals surface area contributed by atoms with E-state index in [1.807, 2.05) is 6.92 Å². The molecule has 0 amide bonds. The third-order valence-corrected chi connectivity index (χ3v) is 4.66. The van der Waals surface area contributed by atoms with Crippen molar-refractivity contribution < 1.29 is 14.9 Å². The van der Waals surface area contributed by atoms with Crippen LogP contribution in [-0.4, -0.2) is 59.5 Å². The molecule has 8 nitrogen and oxygen atoms in total. The number of aliphatic hydroxyl groups excluding tert-OH is 2. The predicted molar refractivity (Wildman–Crippen MR) is 83.7 cm³/mol. The molecule has 0 aromatic carbocycles. The van der Waals surface area contributed by atoms with Gasteiger partial charge in [-0.3, -0.25) is 4.57 Å². The molecular weight excluding hydrogens is 330 g/mol. The molecule has 1 aliphatic heterocycles. The number of thioether (sulfide) groups is 1. The van der Waals surface area contributed by atoms with E-state index in [2.05, 4.69) is 15.0 Å². The highest BCUT2D eigenvalue weighted by Crippen LogP contribution is 2.33. The zero-order valence-electron chi connectivity index (χ0n) is 11.8. The van der Waals surface area contributed by atoms with Crippen molar-refractivity contribution in [3.8, 4) is 0 Å². The summed E-state index contributed by atoms with van der Waals surface area (Å²) in [6, 6.07) is 0. The number of fused-ring (bicyclic) bond motifs is 1. The van der Waals surface area contributed by atoms with Crippen LogP contribution in [0.1, 0.15) is 13.2 Å². The molecule has 1 saturated heterocycles. The summed E-state index contributed by atoms with van der Waals surface area (Å²) >= 11 is 7.45. The third-order valence-electron chi connectivity index (χ3n) is 3.52. The second-order valence-corrected chi connectivity index (χ2v) is 6.56. The molecule has 4 N–H and O–H groups in total. The first-order valence-corrected chi connectivity index (χ1v) is 8.31. The number of nitrogens with two attached hydrogens (primary N) is 1. The number of nitrogens with zero attached hydrogens (tertiary/aromatic N) is 4. The highest BCUT2D eigenvalue weighted by molar-refractivity contribution is 7.99. The molecule has 2 aromatic heterocycles. The maximum Gasteiger partial charge on any atom is 0.226 e. The predicted octanol–water partition coefficient (Wildman–Crippen LogP) is 0.434. The van der Waals surface area contributed by atoms with Gasteiger partial charge in [-0.15, -0.1) is 0 Å². The largest absolute Gasteiger partial charge is 0.387 e. The van der Waals surface area contributed by atoms with Gasteiger partial charge in [0.25, 0.3) is 0 Å². The second kappa shape index (κ2) is 6.17. The Morgan fingerprint density at radius 2 is 2.18 bits per heavy atom. The smallest absolute Gasteiger partial charge is 0.226 e. The molecule has 1 aliphatic rings. The summed E-state index contributed by atoms with van der Waals surface area (Å²) in [5, 5.41) is 20.4. The number of aliphatic hydroxyl groups is 2. The fraction of sp³-hybridized carbons (Fsp3) is 0.583. The highest BCUT2D eigenvalue weighted by atomic mass is 35.5. The van der Waals surface area contributed by atoms with Crippen LogP contribution in [0, 0.1) is 0 Å². The van der Waals surface area contributed by atoms with Crippen molar-refractivity contribution >= 4 is 40.3 Å². The van der Waals surface area contributed by atoms with Crippen molar-refractivity contribution in [1.82, 2.24) is 19.5 Å². The van der Waals surface area contributed by atoms with Crippen molar-refractivity contribution in [1.29, 1.82) is 0 Å². The molecule has 120 valence electrons. The average Bonchev–Trinajstić information content (AvgIpc) is 3.00. The number of anilines is 1. The van der Waals surface area contributed by atoms with Gasteiger partial charge in [0.05, 0.1) is 12.4 Å². The Morgan fingerprint density at radius 3 is 2.91 bits per heavy atom. The van der Waals surface area contributed by atoms with Gasteiger partial charge < -0.3 is 20.7 Å². The Hall–Kier alpha value is -1.13. The average molecular weight is 346 g/mol. The van der Waals surface area contributed by atoms with E-state index < -0.39 is 24.5 Å². The molecule has 1 fully saturated rings. The number of hydrogen-bond donors (Lipinski definition) is 3. The molecule has 22 heavy (non-hydrogen) atoms. The normalized spacial score (nSPS) is 28.5. The van der Waals surface area contributed by atoms with E-state index in [9.17, 15) is 10.2 Å². The van der Waals surface area contributed by atoms with Gasteiger partial charge >= 0.3 is 0 Å². The molecule has 0 aliphatic carbocycles. The van der Waals surface area contributed by atoms with Crippen LogP contribution < -0.4 is 5.73 Å². The van der Waals surface area contributed by atoms with E-state index in [0.717, 1.165) is 5.75 Å². The van der Waals surface area contributed by atoms with Gasteiger partial charge in [-0.2, -0.15) is 21.7 Å². The van der Waals surface area contributed by atoms with Crippen LogP contribution in [0.4, 0.5) is 5.82 Å². The van der Waals surface area contributed by atoms with E-state index in [1.54, 1.807) is 11.8 Å². The Balaban J connectivity index is 1.94. The Bertz CT molecular complexity index is 684. The van der Waals surface area contributed by atoms with Crippen molar-refractivity contribution in [2.45, 2.75) is 31.5 Å². The standard InChI is InChI=1S/C12H16ClN5O3S/c1-2-22-3-5-7(19)8(20)11(21-5)18-4-15-6-9(14)16-12(13)17-10(6)18/h4-5,7-8,11,19-20H,2-3H2,1H3,(H2,14,16,17). The van der Waals surface area contributed by atoms with E-state index in [4.69, 9.17) is 22.1 Å². The lowest BCUT2D eigenvalue weighted by Crippen LogP contribution is -2.32. The number of nitrogen functional groups attached to an aromatic ring is 1. The minimum Gasteiger partial charge on any atom is -0.387 e. The van der Waals surface area contributed by atoms with Gasteiger partial charge in [-0.1, -0.05) is 6.92 Å². The first kappa shape index (κ1) is 15.8. The van der Waals surface area contributed by atoms with Crippen molar-refractivity contribution in [2.24, 2.45) is 0 Å². The van der Waals surface area contributed by atoms with Gasteiger partial charge in [0.2, 0.25) is 5.28 Å². The van der Waals surface area contributed by atoms with Gasteiger partial charge in [-0.05, 0) is 17.4 Å². The third kappa shape index (κ3) is 2.63. The Labute approximate surface area is 135 Å². The van der Waals surface area contributed by atoms with Crippen LogP contribution in [-0.2, 0) is 4.74 Å². The summed E-state index contributed by atoms with van der Waals surface area (Å²) in [4.78, 5) is 12.0. The Kier molecular flexibility index (Phi) is 4.42. The second-order valence-electron chi connectivity index (χ2n) is 4.91. The fourth-order valence-corrected chi connectivity index (χ4v) is 3.34. The monoisotopic (exact) mass is 345 g/mol. The van der Waals surface area contributed by atoms with Crippen LogP contribution in [0.2, 0.25) is 5.28 Å². The number of halogens is 1. The maximum atomic E-state index is 10.3. The molecular formula is C12H16ClN5O3S. The summed E-state index contributed by atoms with van der Waals surface area (Å²) < 4.78 is 7.30. The fourth-order valence-electron chi connectivity index (χ4n) is 2.43. The Morgan fingerprint density at radius 1 is 1.41 bits per heavy atom. The number of aromatic nitrogens is 4. The van der Waals surface area contributed by atoms with E-state index >= 15 is 0 Å². The molecule has 0 bridgehead atoms. The van der Waals surface area contributed by atoms with E-state index in [-0.39, 0.29) is 11.1 Å². The lowest BCUT2D eigenvalue weighted by atomic mass is 10.1. The van der Waals surface area contributed by atoms with Crippen LogP contribution >= 0.6 is 23.4 Å². The highest BCUT2D eigenvalue weighted by Gasteiger charge is 2.44. The minimum absolute atomic E-state index is 0.0159. The number of ether oxygens (including phenoxy) is 1.